The van der Waals surface area contributed by atoms with Crippen molar-refractivity contribution in [1.82, 2.24) is 14.9 Å². The zero-order valence-corrected chi connectivity index (χ0v) is 15.2. The van der Waals surface area contributed by atoms with E-state index in [0.29, 0.717) is 5.95 Å². The van der Waals surface area contributed by atoms with Gasteiger partial charge in [-0.1, -0.05) is 30.3 Å². The van der Waals surface area contributed by atoms with Gasteiger partial charge in [0.05, 0.1) is 17.1 Å². The minimum absolute atomic E-state index is 0.169. The molecule has 0 amide bonds. The monoisotopic (exact) mass is 378 g/mol. The molecule has 0 fully saturated rings. The second-order valence-corrected chi connectivity index (χ2v) is 6.33. The highest BCUT2D eigenvalue weighted by molar-refractivity contribution is 9.10. The first-order valence-electron chi connectivity index (χ1n) is 7.65. The van der Waals surface area contributed by atoms with Gasteiger partial charge in [0.1, 0.15) is 0 Å². The Morgan fingerprint density at radius 2 is 1.87 bits per heavy atom. The second kappa shape index (κ2) is 9.60. The molecule has 2 aromatic rings. The highest BCUT2D eigenvalue weighted by Gasteiger charge is 2.13. The second-order valence-electron chi connectivity index (χ2n) is 5.42. The predicted octanol–water partition coefficient (Wildman–Crippen LogP) is 3.36. The zero-order chi connectivity index (χ0) is 16.5. The summed E-state index contributed by atoms with van der Waals surface area (Å²) in [6.07, 6.45) is 4.47. The quantitative estimate of drug-likeness (QED) is 0.724. The molecule has 1 atom stereocenters. The average Bonchev–Trinajstić information content (AvgIpc) is 2.59. The summed E-state index contributed by atoms with van der Waals surface area (Å²) in [4.78, 5) is 10.9. The fourth-order valence-electron chi connectivity index (χ4n) is 2.26. The Labute approximate surface area is 146 Å². The number of benzene rings is 1. The minimum Gasteiger partial charge on any atom is -0.383 e. The summed E-state index contributed by atoms with van der Waals surface area (Å²) in [5.41, 5.74) is 1.24. The summed E-state index contributed by atoms with van der Waals surface area (Å²) >= 11 is 3.36. The molecule has 0 bridgehead atoms. The smallest absolute Gasteiger partial charge is 0.223 e. The Morgan fingerprint density at radius 3 is 2.52 bits per heavy atom. The first kappa shape index (κ1) is 17.8. The third kappa shape index (κ3) is 6.25. The van der Waals surface area contributed by atoms with Gasteiger partial charge in [-0.3, -0.25) is 0 Å². The number of aromatic nitrogens is 2. The van der Waals surface area contributed by atoms with E-state index in [1.807, 2.05) is 6.07 Å². The molecule has 2 rings (SSSR count). The minimum atomic E-state index is 0.169. The fourth-order valence-corrected chi connectivity index (χ4v) is 2.46. The molecule has 1 unspecified atom stereocenters. The van der Waals surface area contributed by atoms with Gasteiger partial charge in [0, 0.05) is 32.6 Å². The molecule has 1 aromatic heterocycles. The Kier molecular flexibility index (Phi) is 7.45. The lowest BCUT2D eigenvalue weighted by molar-refractivity contribution is 0.160. The molecule has 0 aliphatic heterocycles. The van der Waals surface area contributed by atoms with Crippen molar-refractivity contribution in [3.8, 4) is 0 Å². The largest absolute Gasteiger partial charge is 0.383 e. The number of ether oxygens (including phenoxy) is 1. The molecule has 1 heterocycles. The Hall–Kier alpha value is -1.50. The Morgan fingerprint density at radius 1 is 1.17 bits per heavy atom. The van der Waals surface area contributed by atoms with Crippen LogP contribution in [0.3, 0.4) is 0 Å². The maximum Gasteiger partial charge on any atom is 0.223 e. The molecule has 0 radical (unpaired) electrons. The van der Waals surface area contributed by atoms with Gasteiger partial charge in [0.2, 0.25) is 5.95 Å². The van der Waals surface area contributed by atoms with Crippen LogP contribution >= 0.6 is 15.9 Å². The van der Waals surface area contributed by atoms with E-state index in [9.17, 15) is 0 Å². The van der Waals surface area contributed by atoms with Gasteiger partial charge in [-0.25, -0.2) is 9.97 Å². The van der Waals surface area contributed by atoms with Crippen molar-refractivity contribution < 1.29 is 4.74 Å². The third-order valence-corrected chi connectivity index (χ3v) is 4.01. The van der Waals surface area contributed by atoms with Crippen LogP contribution in [0.15, 0.2) is 47.2 Å². The number of likely N-dealkylation sites (N-methyl/N-ethyl adjacent to an activating group) is 1. The number of rotatable bonds is 9. The van der Waals surface area contributed by atoms with E-state index < -0.39 is 0 Å². The molecule has 0 spiro atoms. The number of nitrogens with zero attached hydrogens (tertiary/aromatic N) is 3. The van der Waals surface area contributed by atoms with Gasteiger partial charge >= 0.3 is 0 Å². The molecule has 0 saturated heterocycles. The lowest BCUT2D eigenvalue weighted by atomic mass is 10.0. The van der Waals surface area contributed by atoms with Crippen molar-refractivity contribution in [2.75, 3.05) is 39.2 Å². The van der Waals surface area contributed by atoms with E-state index in [0.717, 1.165) is 30.6 Å². The highest BCUT2D eigenvalue weighted by atomic mass is 79.9. The van der Waals surface area contributed by atoms with Gasteiger partial charge in [0.15, 0.2) is 0 Å². The van der Waals surface area contributed by atoms with Crippen LogP contribution in [-0.2, 0) is 4.74 Å². The lowest BCUT2D eigenvalue weighted by Gasteiger charge is -2.23. The highest BCUT2D eigenvalue weighted by Crippen LogP contribution is 2.21. The van der Waals surface area contributed by atoms with Gasteiger partial charge in [0.25, 0.3) is 0 Å². The molecular formula is C17H23BrN4O. The van der Waals surface area contributed by atoms with Crippen LogP contribution in [0.1, 0.15) is 18.0 Å². The Balaban J connectivity index is 2.02. The van der Waals surface area contributed by atoms with E-state index in [-0.39, 0.29) is 6.04 Å². The van der Waals surface area contributed by atoms with Crippen molar-refractivity contribution in [3.05, 3.63) is 52.8 Å². The first-order chi connectivity index (χ1) is 11.2. The van der Waals surface area contributed by atoms with Gasteiger partial charge in [-0.15, -0.1) is 0 Å². The molecule has 0 aliphatic rings. The molecule has 1 aromatic carbocycles. The van der Waals surface area contributed by atoms with Gasteiger partial charge in [-0.2, -0.15) is 0 Å². The van der Waals surface area contributed by atoms with Crippen LogP contribution in [0.25, 0.3) is 0 Å². The number of anilines is 1. The fraction of sp³-hybridized carbons (Fsp3) is 0.412. The summed E-state index contributed by atoms with van der Waals surface area (Å²) in [7, 11) is 3.84. The molecule has 0 saturated carbocycles. The maximum absolute atomic E-state index is 5.13. The molecule has 6 heteroatoms. The summed E-state index contributed by atoms with van der Waals surface area (Å²) in [5, 5.41) is 3.43. The number of hydrogen-bond acceptors (Lipinski definition) is 5. The van der Waals surface area contributed by atoms with Crippen LogP contribution < -0.4 is 5.32 Å². The lowest BCUT2D eigenvalue weighted by Crippen LogP contribution is -2.26. The number of nitrogens with one attached hydrogen (secondary N) is 1. The summed E-state index contributed by atoms with van der Waals surface area (Å²) in [5.74, 6) is 0.640. The predicted molar refractivity (Wildman–Crippen MR) is 96.5 cm³/mol. The van der Waals surface area contributed by atoms with Crippen LogP contribution in [0, 0.1) is 0 Å². The van der Waals surface area contributed by atoms with E-state index >= 15 is 0 Å². The molecule has 1 N–H and O–H groups in total. The normalized spacial score (nSPS) is 12.3. The van der Waals surface area contributed by atoms with E-state index in [1.165, 1.54) is 5.56 Å². The van der Waals surface area contributed by atoms with Crippen LogP contribution in [0.2, 0.25) is 0 Å². The molecular weight excluding hydrogens is 356 g/mol. The van der Waals surface area contributed by atoms with Crippen molar-refractivity contribution in [2.45, 2.75) is 12.5 Å². The maximum atomic E-state index is 5.13. The van der Waals surface area contributed by atoms with Gasteiger partial charge in [-0.05, 0) is 35.0 Å². The van der Waals surface area contributed by atoms with Crippen LogP contribution in [0.4, 0.5) is 5.95 Å². The number of halogens is 1. The summed E-state index contributed by atoms with van der Waals surface area (Å²) in [6, 6.07) is 10.6. The zero-order valence-electron chi connectivity index (χ0n) is 13.6. The topological polar surface area (TPSA) is 50.3 Å². The average molecular weight is 379 g/mol. The first-order valence-corrected chi connectivity index (χ1v) is 8.45. The molecule has 5 nitrogen and oxygen atoms in total. The summed E-state index contributed by atoms with van der Waals surface area (Å²) in [6.45, 7) is 2.63. The molecule has 0 aliphatic carbocycles. The van der Waals surface area contributed by atoms with Crippen molar-refractivity contribution in [2.24, 2.45) is 0 Å². The number of hydrogen-bond donors (Lipinski definition) is 1. The third-order valence-electron chi connectivity index (χ3n) is 3.60. The summed E-state index contributed by atoms with van der Waals surface area (Å²) < 4.78 is 6.00. The van der Waals surface area contributed by atoms with Crippen molar-refractivity contribution in [1.29, 1.82) is 0 Å². The van der Waals surface area contributed by atoms with Gasteiger partial charge < -0.3 is 15.0 Å². The van der Waals surface area contributed by atoms with Crippen molar-refractivity contribution in [3.63, 3.8) is 0 Å². The van der Waals surface area contributed by atoms with Crippen molar-refractivity contribution >= 4 is 21.9 Å². The van der Waals surface area contributed by atoms with E-state index in [2.05, 4.69) is 67.4 Å². The standard InChI is InChI=1S/C17H23BrN4O/c1-22(10-11-23-2)9-8-16(14-6-4-3-5-7-14)21-17-19-12-15(18)13-20-17/h3-7,12-13,16H,8-11H2,1-2H3,(H,19,20,21). The van der Waals surface area contributed by atoms with Crippen LogP contribution in [0.5, 0.6) is 0 Å². The van der Waals surface area contributed by atoms with E-state index in [4.69, 9.17) is 4.74 Å². The van der Waals surface area contributed by atoms with E-state index in [1.54, 1.807) is 19.5 Å². The SMILES string of the molecule is COCCN(C)CCC(Nc1ncc(Br)cn1)c1ccccc1. The Bertz CT molecular complexity index is 565. The number of methoxy groups -OCH3 is 1. The molecule has 124 valence electrons. The molecule has 23 heavy (non-hydrogen) atoms. The van der Waals surface area contributed by atoms with Crippen LogP contribution in [-0.4, -0.2) is 48.7 Å².